The lowest BCUT2D eigenvalue weighted by molar-refractivity contribution is -0.134. The van der Waals surface area contributed by atoms with Gasteiger partial charge in [0.2, 0.25) is 5.91 Å². The largest absolute Gasteiger partial charge is 0.341 e. The van der Waals surface area contributed by atoms with E-state index in [9.17, 15) is 4.79 Å². The fourth-order valence-corrected chi connectivity index (χ4v) is 2.77. The first-order chi connectivity index (χ1) is 7.27. The van der Waals surface area contributed by atoms with Crippen LogP contribution in [0.25, 0.3) is 0 Å². The molecule has 2 fully saturated rings. The van der Waals surface area contributed by atoms with E-state index < -0.39 is 0 Å². The van der Waals surface area contributed by atoms with Gasteiger partial charge in [0, 0.05) is 25.0 Å². The first-order valence-electron chi connectivity index (χ1n) is 6.32. The summed E-state index contributed by atoms with van der Waals surface area (Å²) in [5, 5.41) is 0. The lowest BCUT2D eigenvalue weighted by Crippen LogP contribution is -2.36. The molecule has 1 amide bonds. The molecule has 0 unspecified atom stereocenters. The molecule has 16 heavy (non-hydrogen) atoms. The molecule has 1 heterocycles. The third kappa shape index (κ3) is 3.36. The third-order valence-corrected chi connectivity index (χ3v) is 3.74. The minimum atomic E-state index is 0. The minimum Gasteiger partial charge on any atom is -0.341 e. The summed E-state index contributed by atoms with van der Waals surface area (Å²) in [7, 11) is 0. The van der Waals surface area contributed by atoms with E-state index in [2.05, 4.69) is 0 Å². The van der Waals surface area contributed by atoms with E-state index in [1.807, 2.05) is 4.90 Å². The zero-order valence-corrected chi connectivity index (χ0v) is 10.7. The Labute approximate surface area is 104 Å². The van der Waals surface area contributed by atoms with Crippen LogP contribution in [0.5, 0.6) is 0 Å². The Hall–Kier alpha value is -0.280. The summed E-state index contributed by atoms with van der Waals surface area (Å²) in [4.78, 5) is 14.2. The van der Waals surface area contributed by atoms with Crippen LogP contribution in [0.15, 0.2) is 0 Å². The zero-order chi connectivity index (χ0) is 10.7. The lowest BCUT2D eigenvalue weighted by atomic mass is 9.99. The Bertz CT molecular complexity index is 227. The van der Waals surface area contributed by atoms with Crippen LogP contribution in [0.2, 0.25) is 0 Å². The van der Waals surface area contributed by atoms with Crippen molar-refractivity contribution in [2.45, 2.75) is 51.0 Å². The summed E-state index contributed by atoms with van der Waals surface area (Å²) in [5.74, 6) is 0.683. The average molecular weight is 247 g/mol. The standard InChI is InChI=1S/C12H22N2O.ClH/c13-11-7-8-14(9-11)12(15)10-5-3-1-2-4-6-10;/h10-11H,1-9,13H2;1H/t11-;/m0./s1. The lowest BCUT2D eigenvalue weighted by Gasteiger charge is -2.22. The molecule has 0 spiro atoms. The summed E-state index contributed by atoms with van der Waals surface area (Å²) >= 11 is 0. The summed E-state index contributed by atoms with van der Waals surface area (Å²) in [6.07, 6.45) is 8.27. The number of nitrogens with two attached hydrogens (primary N) is 1. The number of amides is 1. The van der Waals surface area contributed by atoms with Gasteiger partial charge in [-0.2, -0.15) is 0 Å². The van der Waals surface area contributed by atoms with Gasteiger partial charge in [0.05, 0.1) is 0 Å². The molecule has 0 radical (unpaired) electrons. The molecule has 2 N–H and O–H groups in total. The maximum Gasteiger partial charge on any atom is 0.225 e. The first-order valence-corrected chi connectivity index (χ1v) is 6.32. The van der Waals surface area contributed by atoms with Gasteiger partial charge in [0.25, 0.3) is 0 Å². The van der Waals surface area contributed by atoms with E-state index in [-0.39, 0.29) is 18.4 Å². The van der Waals surface area contributed by atoms with Crippen LogP contribution in [0.1, 0.15) is 44.9 Å². The van der Waals surface area contributed by atoms with Crippen molar-refractivity contribution in [3.05, 3.63) is 0 Å². The normalized spacial score (nSPS) is 27.3. The Kier molecular flexibility index (Phi) is 5.56. The highest BCUT2D eigenvalue weighted by Crippen LogP contribution is 2.25. The first kappa shape index (κ1) is 13.8. The third-order valence-electron chi connectivity index (χ3n) is 3.74. The van der Waals surface area contributed by atoms with Gasteiger partial charge in [-0.25, -0.2) is 0 Å². The Balaban J connectivity index is 0.00000128. The highest BCUT2D eigenvalue weighted by atomic mass is 35.5. The summed E-state index contributed by atoms with van der Waals surface area (Å²) in [6, 6.07) is 0.222. The average Bonchev–Trinajstić information content (AvgIpc) is 2.53. The van der Waals surface area contributed by atoms with Crippen molar-refractivity contribution in [3.8, 4) is 0 Å². The van der Waals surface area contributed by atoms with Crippen LogP contribution in [0.3, 0.4) is 0 Å². The quantitative estimate of drug-likeness (QED) is 0.719. The highest BCUT2D eigenvalue weighted by Gasteiger charge is 2.29. The number of rotatable bonds is 1. The Morgan fingerprint density at radius 1 is 1.06 bits per heavy atom. The van der Waals surface area contributed by atoms with E-state index in [0.717, 1.165) is 32.4 Å². The second-order valence-corrected chi connectivity index (χ2v) is 5.02. The number of hydrogen-bond donors (Lipinski definition) is 1. The fourth-order valence-electron chi connectivity index (χ4n) is 2.77. The van der Waals surface area contributed by atoms with Gasteiger partial charge in [-0.15, -0.1) is 12.4 Å². The number of carbonyl (C=O) groups excluding carboxylic acids is 1. The molecule has 0 bridgehead atoms. The molecule has 1 aliphatic heterocycles. The molecular weight excluding hydrogens is 224 g/mol. The van der Waals surface area contributed by atoms with Crippen molar-refractivity contribution >= 4 is 18.3 Å². The predicted octanol–water partition coefficient (Wildman–Crippen LogP) is 1.94. The number of likely N-dealkylation sites (tertiary alicyclic amines) is 1. The number of nitrogens with zero attached hydrogens (tertiary/aromatic N) is 1. The molecular formula is C12H23ClN2O. The highest BCUT2D eigenvalue weighted by molar-refractivity contribution is 5.85. The summed E-state index contributed by atoms with van der Waals surface area (Å²) < 4.78 is 0. The second-order valence-electron chi connectivity index (χ2n) is 5.02. The molecule has 1 saturated heterocycles. The predicted molar refractivity (Wildman–Crippen MR) is 67.6 cm³/mol. The molecule has 3 nitrogen and oxygen atoms in total. The van der Waals surface area contributed by atoms with E-state index in [1.54, 1.807) is 0 Å². The maximum absolute atomic E-state index is 12.2. The second kappa shape index (κ2) is 6.45. The van der Waals surface area contributed by atoms with Crippen LogP contribution >= 0.6 is 12.4 Å². The molecule has 2 rings (SSSR count). The summed E-state index contributed by atoms with van der Waals surface area (Å²) in [6.45, 7) is 1.67. The molecule has 0 aromatic rings. The van der Waals surface area contributed by atoms with Crippen LogP contribution < -0.4 is 5.73 Å². The number of hydrogen-bond acceptors (Lipinski definition) is 2. The fraction of sp³-hybridized carbons (Fsp3) is 0.917. The van der Waals surface area contributed by atoms with E-state index >= 15 is 0 Å². The molecule has 1 saturated carbocycles. The Morgan fingerprint density at radius 3 is 2.19 bits per heavy atom. The van der Waals surface area contributed by atoms with Gasteiger partial charge < -0.3 is 10.6 Å². The maximum atomic E-state index is 12.2. The molecule has 0 aromatic heterocycles. The summed E-state index contributed by atoms with van der Waals surface area (Å²) in [5.41, 5.74) is 5.83. The topological polar surface area (TPSA) is 46.3 Å². The van der Waals surface area contributed by atoms with Gasteiger partial charge in [-0.3, -0.25) is 4.79 Å². The van der Waals surface area contributed by atoms with Crippen LogP contribution in [0, 0.1) is 5.92 Å². The van der Waals surface area contributed by atoms with E-state index in [1.165, 1.54) is 25.7 Å². The van der Waals surface area contributed by atoms with E-state index in [0.29, 0.717) is 11.8 Å². The van der Waals surface area contributed by atoms with Gasteiger partial charge >= 0.3 is 0 Å². The van der Waals surface area contributed by atoms with Gasteiger partial charge in [-0.05, 0) is 19.3 Å². The van der Waals surface area contributed by atoms with Crippen molar-refractivity contribution in [3.63, 3.8) is 0 Å². The monoisotopic (exact) mass is 246 g/mol. The molecule has 2 aliphatic rings. The van der Waals surface area contributed by atoms with Crippen molar-refractivity contribution in [2.24, 2.45) is 11.7 Å². The molecule has 0 aromatic carbocycles. The van der Waals surface area contributed by atoms with Crippen LogP contribution in [-0.4, -0.2) is 29.9 Å². The Morgan fingerprint density at radius 2 is 1.69 bits per heavy atom. The van der Waals surface area contributed by atoms with Gasteiger partial charge in [0.15, 0.2) is 0 Å². The SMILES string of the molecule is Cl.N[C@H]1CCN(C(=O)C2CCCCCC2)C1. The van der Waals surface area contributed by atoms with Crippen LogP contribution in [0.4, 0.5) is 0 Å². The molecule has 94 valence electrons. The van der Waals surface area contributed by atoms with Gasteiger partial charge in [-0.1, -0.05) is 25.7 Å². The van der Waals surface area contributed by atoms with Crippen molar-refractivity contribution in [2.75, 3.05) is 13.1 Å². The number of halogens is 1. The number of carbonyl (C=O) groups is 1. The molecule has 4 heteroatoms. The molecule has 1 atom stereocenters. The van der Waals surface area contributed by atoms with Crippen molar-refractivity contribution in [1.82, 2.24) is 4.90 Å². The zero-order valence-electron chi connectivity index (χ0n) is 9.86. The smallest absolute Gasteiger partial charge is 0.225 e. The van der Waals surface area contributed by atoms with Crippen LogP contribution in [-0.2, 0) is 4.79 Å². The minimum absolute atomic E-state index is 0. The van der Waals surface area contributed by atoms with Crippen molar-refractivity contribution in [1.29, 1.82) is 0 Å². The van der Waals surface area contributed by atoms with Gasteiger partial charge in [0.1, 0.15) is 0 Å². The van der Waals surface area contributed by atoms with Crippen molar-refractivity contribution < 1.29 is 4.79 Å². The van der Waals surface area contributed by atoms with E-state index in [4.69, 9.17) is 5.73 Å². The molecule has 1 aliphatic carbocycles.